The third-order valence-electron chi connectivity index (χ3n) is 5.18. The van der Waals surface area contributed by atoms with Crippen LogP contribution in [0.25, 0.3) is 0 Å². The number of nitrogens with zero attached hydrogens (tertiary/aromatic N) is 3. The summed E-state index contributed by atoms with van der Waals surface area (Å²) in [5.41, 5.74) is -0.202. The summed E-state index contributed by atoms with van der Waals surface area (Å²) >= 11 is 0. The third kappa shape index (κ3) is 6.20. The Morgan fingerprint density at radius 2 is 1.77 bits per heavy atom. The number of rotatable bonds is 2. The van der Waals surface area contributed by atoms with Crippen LogP contribution in [0.15, 0.2) is 10.6 Å². The zero-order chi connectivity index (χ0) is 22.5. The van der Waals surface area contributed by atoms with Crippen LogP contribution < -0.4 is 5.32 Å². The van der Waals surface area contributed by atoms with Gasteiger partial charge in [0.1, 0.15) is 5.76 Å². The van der Waals surface area contributed by atoms with Gasteiger partial charge in [-0.15, -0.1) is 0 Å². The van der Waals surface area contributed by atoms with Crippen molar-refractivity contribution in [3.63, 3.8) is 0 Å². The Kier molecular flexibility index (Phi) is 7.90. The van der Waals surface area contributed by atoms with Crippen LogP contribution in [0, 0.1) is 5.92 Å². The van der Waals surface area contributed by atoms with Crippen molar-refractivity contribution in [2.24, 2.45) is 5.92 Å². The molecule has 1 unspecified atom stereocenters. The number of nitrogens with one attached hydrogen (secondary N) is 1. The van der Waals surface area contributed by atoms with Crippen molar-refractivity contribution in [2.45, 2.75) is 52.9 Å². The Morgan fingerprint density at radius 3 is 2.33 bits per heavy atom. The average molecular weight is 443 g/mol. The molecule has 2 aliphatic rings. The molecule has 1 aromatic rings. The summed E-state index contributed by atoms with van der Waals surface area (Å²) in [7, 11) is -3.04. The van der Waals surface area contributed by atoms with Gasteiger partial charge in [0, 0.05) is 37.7 Å². The van der Waals surface area contributed by atoms with Gasteiger partial charge in [0.2, 0.25) is 5.91 Å². The lowest BCUT2D eigenvalue weighted by atomic mass is 9.93. The topological polar surface area (TPSA) is 113 Å². The van der Waals surface area contributed by atoms with E-state index in [4.69, 9.17) is 4.52 Å². The van der Waals surface area contributed by atoms with E-state index in [-0.39, 0.29) is 47.9 Å². The van der Waals surface area contributed by atoms with Crippen molar-refractivity contribution in [2.75, 3.05) is 43.0 Å². The molecule has 3 rings (SSSR count). The molecule has 0 saturated carbocycles. The summed E-state index contributed by atoms with van der Waals surface area (Å²) in [5.74, 6) is 0.536. The molecule has 1 atom stereocenters. The molecule has 0 bridgehead atoms. The second-order valence-electron chi connectivity index (χ2n) is 8.52. The van der Waals surface area contributed by atoms with Crippen LogP contribution in [0.5, 0.6) is 0 Å². The minimum Gasteiger partial charge on any atom is -0.359 e. The van der Waals surface area contributed by atoms with Crippen LogP contribution in [0.3, 0.4) is 0 Å². The molecule has 1 N–H and O–H groups in total. The summed E-state index contributed by atoms with van der Waals surface area (Å²) < 4.78 is 28.4. The molecular formula is C20H34N4O5S. The molecule has 9 nitrogen and oxygen atoms in total. The maximum atomic E-state index is 12.7. The maximum absolute atomic E-state index is 12.7. The van der Waals surface area contributed by atoms with E-state index in [9.17, 15) is 18.0 Å². The predicted molar refractivity (Wildman–Crippen MR) is 115 cm³/mol. The fraction of sp³-hybridized carbons (Fsp3) is 0.750. The Labute approximate surface area is 179 Å². The van der Waals surface area contributed by atoms with Gasteiger partial charge in [0.25, 0.3) is 0 Å². The molecule has 30 heavy (non-hydrogen) atoms. The van der Waals surface area contributed by atoms with Gasteiger partial charge in [-0.1, -0.05) is 39.8 Å². The molecule has 0 aromatic carbocycles. The molecule has 0 aliphatic carbocycles. The Balaban J connectivity index is 0.00000155. The standard InChI is InChI=1S/C18H28N4O5S.C2H6/c1-18(2,3)14-11-15(20-27-14)19-16(23)13-5-4-6-22(12-13)17(24)21-7-9-28(25,26)10-8-21;1-2/h11,13H,4-10,12H2,1-3H3,(H,19,20,23);1-2H3. The lowest BCUT2D eigenvalue weighted by molar-refractivity contribution is -0.121. The van der Waals surface area contributed by atoms with Gasteiger partial charge in [-0.3, -0.25) is 4.79 Å². The number of sulfone groups is 1. The number of hydrogen-bond donors (Lipinski definition) is 1. The third-order valence-corrected chi connectivity index (χ3v) is 6.79. The van der Waals surface area contributed by atoms with E-state index in [1.54, 1.807) is 15.9 Å². The number of amides is 3. The molecule has 2 fully saturated rings. The van der Waals surface area contributed by atoms with Gasteiger partial charge < -0.3 is 19.6 Å². The molecule has 0 spiro atoms. The predicted octanol–water partition coefficient (Wildman–Crippen LogP) is 2.50. The largest absolute Gasteiger partial charge is 0.359 e. The lowest BCUT2D eigenvalue weighted by Gasteiger charge is -2.37. The quantitative estimate of drug-likeness (QED) is 0.753. The highest BCUT2D eigenvalue weighted by atomic mass is 32.2. The van der Waals surface area contributed by atoms with E-state index in [0.29, 0.717) is 31.1 Å². The van der Waals surface area contributed by atoms with E-state index >= 15 is 0 Å². The van der Waals surface area contributed by atoms with E-state index in [1.807, 2.05) is 34.6 Å². The Morgan fingerprint density at radius 1 is 1.13 bits per heavy atom. The number of piperidine rings is 1. The van der Waals surface area contributed by atoms with E-state index in [2.05, 4.69) is 10.5 Å². The number of hydrogen-bond acceptors (Lipinski definition) is 6. The monoisotopic (exact) mass is 442 g/mol. The van der Waals surface area contributed by atoms with Crippen LogP contribution in [0.1, 0.15) is 53.2 Å². The van der Waals surface area contributed by atoms with E-state index in [1.165, 1.54) is 0 Å². The minimum atomic E-state index is -3.04. The van der Waals surface area contributed by atoms with Crippen LogP contribution in [0.2, 0.25) is 0 Å². The van der Waals surface area contributed by atoms with Crippen molar-refractivity contribution in [1.29, 1.82) is 0 Å². The fourth-order valence-corrected chi connectivity index (χ4v) is 4.59. The van der Waals surface area contributed by atoms with E-state index < -0.39 is 9.84 Å². The first-order chi connectivity index (χ1) is 14.0. The summed E-state index contributed by atoms with van der Waals surface area (Å²) in [6.45, 7) is 11.3. The number of aromatic nitrogens is 1. The molecular weight excluding hydrogens is 408 g/mol. The van der Waals surface area contributed by atoms with Crippen molar-refractivity contribution in [3.05, 3.63) is 11.8 Å². The number of carbonyl (C=O) groups is 2. The molecule has 170 valence electrons. The molecule has 3 amide bonds. The van der Waals surface area contributed by atoms with E-state index in [0.717, 1.165) is 6.42 Å². The van der Waals surface area contributed by atoms with Gasteiger partial charge in [-0.25, -0.2) is 13.2 Å². The molecule has 10 heteroatoms. The average Bonchev–Trinajstić information content (AvgIpc) is 3.18. The highest BCUT2D eigenvalue weighted by Gasteiger charge is 2.33. The van der Waals surface area contributed by atoms with Gasteiger partial charge in [0.05, 0.1) is 17.4 Å². The number of carbonyl (C=O) groups excluding carboxylic acids is 2. The number of anilines is 1. The smallest absolute Gasteiger partial charge is 0.320 e. The van der Waals surface area contributed by atoms with Gasteiger partial charge in [0.15, 0.2) is 15.7 Å². The summed E-state index contributed by atoms with van der Waals surface area (Å²) in [5, 5.41) is 6.69. The maximum Gasteiger partial charge on any atom is 0.320 e. The zero-order valence-corrected chi connectivity index (χ0v) is 19.4. The van der Waals surface area contributed by atoms with Crippen molar-refractivity contribution < 1.29 is 22.5 Å². The van der Waals surface area contributed by atoms with Crippen molar-refractivity contribution in [3.8, 4) is 0 Å². The molecule has 3 heterocycles. The van der Waals surface area contributed by atoms with Crippen LogP contribution in [-0.4, -0.2) is 73.0 Å². The first kappa shape index (κ1) is 24.2. The van der Waals surface area contributed by atoms with Crippen molar-refractivity contribution in [1.82, 2.24) is 15.0 Å². The second-order valence-corrected chi connectivity index (χ2v) is 10.8. The van der Waals surface area contributed by atoms with Crippen LogP contribution >= 0.6 is 0 Å². The molecule has 2 saturated heterocycles. The summed E-state index contributed by atoms with van der Waals surface area (Å²) in [4.78, 5) is 28.5. The first-order valence-electron chi connectivity index (χ1n) is 10.6. The highest BCUT2D eigenvalue weighted by molar-refractivity contribution is 7.91. The summed E-state index contributed by atoms with van der Waals surface area (Å²) in [6.07, 6.45) is 1.41. The molecule has 2 aliphatic heterocycles. The van der Waals surface area contributed by atoms with Crippen LogP contribution in [0.4, 0.5) is 10.6 Å². The lowest BCUT2D eigenvalue weighted by Crippen LogP contribution is -2.53. The second kappa shape index (κ2) is 9.80. The molecule has 0 radical (unpaired) electrons. The van der Waals surface area contributed by atoms with Crippen LogP contribution in [-0.2, 0) is 20.0 Å². The Hall–Kier alpha value is -2.10. The van der Waals surface area contributed by atoms with Crippen molar-refractivity contribution >= 4 is 27.6 Å². The zero-order valence-electron chi connectivity index (χ0n) is 18.6. The van der Waals surface area contributed by atoms with Gasteiger partial charge in [-0.05, 0) is 12.8 Å². The Bertz CT molecular complexity index is 830. The normalized spacial score (nSPS) is 21.4. The highest BCUT2D eigenvalue weighted by Crippen LogP contribution is 2.25. The minimum absolute atomic E-state index is 0.00123. The van der Waals surface area contributed by atoms with Gasteiger partial charge in [-0.2, -0.15) is 0 Å². The number of likely N-dealkylation sites (tertiary alicyclic amines) is 1. The summed E-state index contributed by atoms with van der Waals surface area (Å²) in [6, 6.07) is 1.53. The van der Waals surface area contributed by atoms with Gasteiger partial charge >= 0.3 is 6.03 Å². The SMILES string of the molecule is CC.CC(C)(C)c1cc(NC(=O)C2CCCN(C(=O)N3CCS(=O)(=O)CC3)C2)no1. The molecule has 1 aromatic heterocycles. The first-order valence-corrected chi connectivity index (χ1v) is 12.4. The number of urea groups is 1. The fourth-order valence-electron chi connectivity index (χ4n) is 3.38.